The van der Waals surface area contributed by atoms with Crippen LogP contribution in [0.15, 0.2) is 57.5 Å². The van der Waals surface area contributed by atoms with E-state index in [9.17, 15) is 0 Å². The molecule has 2 rings (SSSR count). The molecule has 0 radical (unpaired) electrons. The van der Waals surface area contributed by atoms with Gasteiger partial charge in [-0.15, -0.1) is 31.9 Å². The molecule has 0 spiro atoms. The smallest absolute Gasteiger partial charge is 0.213 e. The van der Waals surface area contributed by atoms with Gasteiger partial charge in [0.05, 0.1) is 0 Å². The number of halogens is 2. The number of hydrogen-bond donors (Lipinski definition) is 0. The first-order valence-corrected chi connectivity index (χ1v) is 5.12. The van der Waals surface area contributed by atoms with Crippen LogP contribution in [0.1, 0.15) is 0 Å². The van der Waals surface area contributed by atoms with Crippen LogP contribution in [-0.2, 0) is 19.5 Å². The molecule has 0 saturated carbocycles. The van der Waals surface area contributed by atoms with Crippen molar-refractivity contribution >= 4 is 31.9 Å². The van der Waals surface area contributed by atoms with Crippen molar-refractivity contribution in [2.45, 2.75) is 0 Å². The topological polar surface area (TPSA) is 0 Å². The average Bonchev–Trinajstić information content (AvgIpc) is 2.63. The molecule has 0 aliphatic heterocycles. The first-order chi connectivity index (χ1) is 5.79. The second-order valence-corrected chi connectivity index (χ2v) is 4.04. The third-order valence-electron chi connectivity index (χ3n) is 1.24. The van der Waals surface area contributed by atoms with Gasteiger partial charge in [-0.3, -0.25) is 0 Å². The fourth-order valence-electron chi connectivity index (χ4n) is 0.701. The van der Waals surface area contributed by atoms with E-state index in [1.807, 2.05) is 48.5 Å². The van der Waals surface area contributed by atoms with Crippen molar-refractivity contribution in [1.82, 2.24) is 0 Å². The van der Waals surface area contributed by atoms with Crippen LogP contribution < -0.4 is 0 Å². The fraction of sp³-hybridized carbons (Fsp3) is 0. The molecule has 0 aliphatic carbocycles. The third-order valence-corrected chi connectivity index (χ3v) is 2.30. The maximum atomic E-state index is 3.28. The Morgan fingerprint density at radius 1 is 0.615 bits per heavy atom. The molecule has 70 valence electrons. The molecule has 2 aromatic carbocycles. The van der Waals surface area contributed by atoms with Crippen molar-refractivity contribution in [2.75, 3.05) is 0 Å². The first-order valence-electron chi connectivity index (χ1n) is 3.53. The molecule has 0 heterocycles. The number of rotatable bonds is 0. The van der Waals surface area contributed by atoms with Crippen LogP contribution in [0.3, 0.4) is 0 Å². The molecule has 0 bridgehead atoms. The Morgan fingerprint density at radius 2 is 0.846 bits per heavy atom. The van der Waals surface area contributed by atoms with Gasteiger partial charge in [-0.25, -0.2) is 24.3 Å². The Morgan fingerprint density at radius 3 is 0.923 bits per heavy atom. The Balaban J connectivity index is 0.000000206. The Hall–Kier alpha value is 0.283. The van der Waals surface area contributed by atoms with Gasteiger partial charge in [0.2, 0.25) is 0 Å². The van der Waals surface area contributed by atoms with E-state index in [1.165, 1.54) is 0 Å². The second-order valence-electron chi connectivity index (χ2n) is 2.21. The van der Waals surface area contributed by atoms with Crippen LogP contribution in [0.25, 0.3) is 0 Å². The molecular weight excluding hydrogens is 381 g/mol. The summed E-state index contributed by atoms with van der Waals surface area (Å²) in [6.45, 7) is 0. The van der Waals surface area contributed by atoms with Gasteiger partial charge >= 0.3 is 19.5 Å². The summed E-state index contributed by atoms with van der Waals surface area (Å²) < 4.78 is 2.31. The Bertz CT molecular complexity index is 252. The van der Waals surface area contributed by atoms with E-state index in [0.29, 0.717) is 0 Å². The quantitative estimate of drug-likeness (QED) is 0.465. The molecule has 0 N–H and O–H groups in total. The summed E-state index contributed by atoms with van der Waals surface area (Å²) in [5, 5.41) is 0. The van der Waals surface area contributed by atoms with Gasteiger partial charge < -0.3 is 0 Å². The van der Waals surface area contributed by atoms with Crippen molar-refractivity contribution in [3.63, 3.8) is 0 Å². The molecule has 2 aromatic rings. The Labute approximate surface area is 108 Å². The summed E-state index contributed by atoms with van der Waals surface area (Å²) in [5.74, 6) is 0. The summed E-state index contributed by atoms with van der Waals surface area (Å²) in [5.41, 5.74) is 0. The normalized spacial score (nSPS) is 8.15. The van der Waals surface area contributed by atoms with Gasteiger partial charge in [0.1, 0.15) is 0 Å². The van der Waals surface area contributed by atoms with Gasteiger partial charge in [0, 0.05) is 0 Å². The Kier molecular flexibility index (Phi) is 7.83. The maximum Gasteiger partial charge on any atom is 2.00 e. The first kappa shape index (κ1) is 13.3. The van der Waals surface area contributed by atoms with E-state index < -0.39 is 0 Å². The molecule has 13 heavy (non-hydrogen) atoms. The molecule has 0 fully saturated rings. The minimum absolute atomic E-state index is 0. The van der Waals surface area contributed by atoms with Crippen molar-refractivity contribution < 1.29 is 19.5 Å². The van der Waals surface area contributed by atoms with Gasteiger partial charge in [-0.1, -0.05) is 8.95 Å². The van der Waals surface area contributed by atoms with Gasteiger partial charge in [0.15, 0.2) is 0 Å². The van der Waals surface area contributed by atoms with Gasteiger partial charge in [-0.2, -0.15) is 24.3 Å². The summed E-state index contributed by atoms with van der Waals surface area (Å²) in [4.78, 5) is 0. The fourth-order valence-corrected chi connectivity index (χ4v) is 1.31. The zero-order valence-corrected chi connectivity index (χ0v) is 11.6. The maximum absolute atomic E-state index is 3.28. The van der Waals surface area contributed by atoms with E-state index in [0.717, 1.165) is 8.95 Å². The molecule has 0 aliphatic rings. The van der Waals surface area contributed by atoms with Crippen molar-refractivity contribution in [3.05, 3.63) is 57.5 Å². The van der Waals surface area contributed by atoms with E-state index >= 15 is 0 Å². The predicted molar refractivity (Wildman–Crippen MR) is 59.5 cm³/mol. The summed E-state index contributed by atoms with van der Waals surface area (Å²) in [6, 6.07) is 16.0. The molecule has 0 nitrogen and oxygen atoms in total. The summed E-state index contributed by atoms with van der Waals surface area (Å²) in [6.07, 6.45) is 0. The molecule has 0 amide bonds. The molecule has 3 heteroatoms. The second kappa shape index (κ2) is 7.67. The molecule has 0 aromatic heterocycles. The average molecular weight is 389 g/mol. The third kappa shape index (κ3) is 6.37. The van der Waals surface area contributed by atoms with Crippen LogP contribution in [0.4, 0.5) is 0 Å². The minimum Gasteiger partial charge on any atom is -0.213 e. The SMILES string of the molecule is Br[c-]1cccc1.Br[c-]1cccc1.[Ru+2]. The molecular formula is C10H8Br2Ru. The molecule has 0 atom stereocenters. The van der Waals surface area contributed by atoms with E-state index in [-0.39, 0.29) is 19.5 Å². The monoisotopic (exact) mass is 388 g/mol. The summed E-state index contributed by atoms with van der Waals surface area (Å²) in [7, 11) is 0. The zero-order valence-electron chi connectivity index (χ0n) is 6.73. The van der Waals surface area contributed by atoms with E-state index in [1.54, 1.807) is 0 Å². The number of hydrogen-bond acceptors (Lipinski definition) is 0. The van der Waals surface area contributed by atoms with Crippen LogP contribution in [0.5, 0.6) is 0 Å². The predicted octanol–water partition coefficient (Wildman–Crippen LogP) is 4.33. The van der Waals surface area contributed by atoms with Crippen molar-refractivity contribution in [3.8, 4) is 0 Å². The van der Waals surface area contributed by atoms with Crippen LogP contribution in [-0.4, -0.2) is 0 Å². The molecule has 0 unspecified atom stereocenters. The minimum atomic E-state index is 0. The largest absolute Gasteiger partial charge is 2.00 e. The van der Waals surface area contributed by atoms with Gasteiger partial charge in [0.25, 0.3) is 0 Å². The van der Waals surface area contributed by atoms with Crippen LogP contribution in [0.2, 0.25) is 0 Å². The van der Waals surface area contributed by atoms with Crippen molar-refractivity contribution in [2.24, 2.45) is 0 Å². The zero-order chi connectivity index (χ0) is 8.81. The summed E-state index contributed by atoms with van der Waals surface area (Å²) >= 11 is 6.56. The molecule has 0 saturated heterocycles. The van der Waals surface area contributed by atoms with Gasteiger partial charge in [-0.05, 0) is 0 Å². The van der Waals surface area contributed by atoms with Crippen LogP contribution in [0, 0.1) is 0 Å². The van der Waals surface area contributed by atoms with Crippen LogP contribution >= 0.6 is 31.9 Å². The van der Waals surface area contributed by atoms with Crippen molar-refractivity contribution in [1.29, 1.82) is 0 Å². The standard InChI is InChI=1S/2C5H4Br.Ru/c2*6-5-3-1-2-4-5;/h2*1-4H;/q2*-1;+2. The van der Waals surface area contributed by atoms with E-state index in [4.69, 9.17) is 0 Å². The van der Waals surface area contributed by atoms with E-state index in [2.05, 4.69) is 31.9 Å².